The van der Waals surface area contributed by atoms with Crippen molar-refractivity contribution in [3.63, 3.8) is 0 Å². The number of carbonyl (C=O) groups is 2. The van der Waals surface area contributed by atoms with Gasteiger partial charge in [-0.05, 0) is 131 Å². The molecular formula is C42H84N8O2. The number of nitrogens with zero attached hydrogens (tertiary/aromatic N) is 7. The summed E-state index contributed by atoms with van der Waals surface area (Å²) in [6.07, 6.45) is 8.63. The molecule has 0 saturated carbocycles. The van der Waals surface area contributed by atoms with Gasteiger partial charge in [-0.25, -0.2) is 0 Å². The van der Waals surface area contributed by atoms with Crippen LogP contribution in [0.3, 0.4) is 0 Å². The van der Waals surface area contributed by atoms with Gasteiger partial charge in [-0.15, -0.1) is 0 Å². The molecule has 0 radical (unpaired) electrons. The molecule has 304 valence electrons. The molecule has 0 aromatic heterocycles. The van der Waals surface area contributed by atoms with Crippen LogP contribution in [-0.4, -0.2) is 183 Å². The number of piperazine rings is 2. The second-order valence-electron chi connectivity index (χ2n) is 17.3. The lowest BCUT2D eigenvalue weighted by Crippen LogP contribution is -2.50. The molecule has 10 heteroatoms. The Kier molecular flexibility index (Phi) is 21.0. The molecule has 5 saturated heterocycles. The molecule has 5 aliphatic rings. The summed E-state index contributed by atoms with van der Waals surface area (Å²) in [5.41, 5.74) is 0. The average Bonchev–Trinajstić information content (AvgIpc) is 3.14. The highest BCUT2D eigenvalue weighted by molar-refractivity contribution is 5.76. The van der Waals surface area contributed by atoms with Gasteiger partial charge < -0.3 is 24.9 Å². The Morgan fingerprint density at radius 2 is 0.962 bits per heavy atom. The van der Waals surface area contributed by atoms with E-state index in [1.54, 1.807) is 0 Å². The predicted molar refractivity (Wildman–Crippen MR) is 219 cm³/mol. The van der Waals surface area contributed by atoms with Crippen molar-refractivity contribution in [2.24, 2.45) is 17.8 Å². The largest absolute Gasteiger partial charge is 0.355 e. The molecule has 5 rings (SSSR count). The maximum atomic E-state index is 12.6. The average molecular weight is 733 g/mol. The van der Waals surface area contributed by atoms with Crippen molar-refractivity contribution in [3.8, 4) is 0 Å². The van der Waals surface area contributed by atoms with Gasteiger partial charge in [0.25, 0.3) is 0 Å². The number of hydrogen-bond donors (Lipinski definition) is 1. The van der Waals surface area contributed by atoms with E-state index >= 15 is 0 Å². The van der Waals surface area contributed by atoms with Crippen LogP contribution in [0.5, 0.6) is 0 Å². The number of rotatable bonds is 12. The van der Waals surface area contributed by atoms with E-state index in [4.69, 9.17) is 0 Å². The zero-order chi connectivity index (χ0) is 38.0. The van der Waals surface area contributed by atoms with Gasteiger partial charge in [0.05, 0.1) is 0 Å². The van der Waals surface area contributed by atoms with Crippen molar-refractivity contribution in [1.82, 2.24) is 39.6 Å². The summed E-state index contributed by atoms with van der Waals surface area (Å²) in [4.78, 5) is 42.1. The number of carbonyl (C=O) groups excluding carboxylic acids is 2. The molecule has 0 unspecified atom stereocenters. The third-order valence-electron chi connectivity index (χ3n) is 12.7. The van der Waals surface area contributed by atoms with E-state index in [2.05, 4.69) is 88.2 Å². The maximum Gasteiger partial charge on any atom is 0.222 e. The molecule has 0 aromatic carbocycles. The van der Waals surface area contributed by atoms with E-state index in [9.17, 15) is 9.59 Å². The Hall–Kier alpha value is -1.30. The fourth-order valence-electron chi connectivity index (χ4n) is 8.70. The topological polar surface area (TPSA) is 68.9 Å². The molecule has 1 N–H and O–H groups in total. The number of nitrogens with one attached hydrogen (secondary N) is 1. The Labute approximate surface area is 321 Å². The number of hydrogen-bond acceptors (Lipinski definition) is 8. The van der Waals surface area contributed by atoms with Crippen molar-refractivity contribution in [2.75, 3.05) is 118 Å². The van der Waals surface area contributed by atoms with Crippen LogP contribution in [0, 0.1) is 17.8 Å². The smallest absolute Gasteiger partial charge is 0.222 e. The fourth-order valence-corrected chi connectivity index (χ4v) is 8.70. The lowest BCUT2D eigenvalue weighted by atomic mass is 9.91. The first-order valence-electron chi connectivity index (χ1n) is 21.9. The summed E-state index contributed by atoms with van der Waals surface area (Å²) < 4.78 is 0. The highest BCUT2D eigenvalue weighted by Crippen LogP contribution is 2.25. The lowest BCUT2D eigenvalue weighted by Gasteiger charge is -2.40. The minimum Gasteiger partial charge on any atom is -0.355 e. The molecule has 2 amide bonds. The van der Waals surface area contributed by atoms with Gasteiger partial charge in [-0.1, -0.05) is 13.8 Å². The lowest BCUT2D eigenvalue weighted by molar-refractivity contribution is -0.134. The van der Waals surface area contributed by atoms with E-state index in [-0.39, 0.29) is 5.91 Å². The number of piperidine rings is 3. The molecule has 5 aliphatic heterocycles. The summed E-state index contributed by atoms with van der Waals surface area (Å²) in [6, 6.07) is 1.96. The van der Waals surface area contributed by atoms with Crippen LogP contribution in [0.25, 0.3) is 0 Å². The van der Waals surface area contributed by atoms with Gasteiger partial charge in [0, 0.05) is 116 Å². The van der Waals surface area contributed by atoms with Gasteiger partial charge in [-0.2, -0.15) is 0 Å². The standard InChI is InChI=1S/C21H40N4O.C19H38N4O.C2H6/c1-18(2)24-14-12-23(13-15-24)17-20-6-10-25(11-7-20)21(26)16-19-4-8-22(3)9-5-19;1-16(2)22-8-5-18(6-9-22)15-19(24)20-7-10-21-11-13-23(14-12-21)17(3)4;1-2/h18-20H,4-17H2,1-3H3;16-18H,5-15H2,1-4H3,(H,20,24);1-2H3. The molecule has 0 aromatic rings. The van der Waals surface area contributed by atoms with Crippen molar-refractivity contribution >= 4 is 11.8 Å². The van der Waals surface area contributed by atoms with Gasteiger partial charge >= 0.3 is 0 Å². The minimum absolute atomic E-state index is 0.249. The normalized spacial score (nSPS) is 23.4. The van der Waals surface area contributed by atoms with Gasteiger partial charge in [0.1, 0.15) is 0 Å². The van der Waals surface area contributed by atoms with Crippen LogP contribution in [0.2, 0.25) is 0 Å². The van der Waals surface area contributed by atoms with Crippen LogP contribution in [0.4, 0.5) is 0 Å². The summed E-state index contributed by atoms with van der Waals surface area (Å²) in [7, 11) is 2.19. The first-order chi connectivity index (χ1) is 25.0. The molecule has 52 heavy (non-hydrogen) atoms. The van der Waals surface area contributed by atoms with Gasteiger partial charge in [-0.3, -0.25) is 24.3 Å². The van der Waals surface area contributed by atoms with Crippen molar-refractivity contribution in [3.05, 3.63) is 0 Å². The van der Waals surface area contributed by atoms with E-state index in [0.29, 0.717) is 42.3 Å². The Balaban J connectivity index is 0.000000269. The van der Waals surface area contributed by atoms with Crippen LogP contribution in [-0.2, 0) is 9.59 Å². The third kappa shape index (κ3) is 16.2. The van der Waals surface area contributed by atoms with E-state index < -0.39 is 0 Å². The Morgan fingerprint density at radius 1 is 0.538 bits per heavy atom. The van der Waals surface area contributed by atoms with Crippen molar-refractivity contribution < 1.29 is 9.59 Å². The first kappa shape index (κ1) is 45.1. The molecule has 5 heterocycles. The van der Waals surface area contributed by atoms with E-state index in [1.807, 2.05) is 13.8 Å². The highest BCUT2D eigenvalue weighted by atomic mass is 16.2. The summed E-state index contributed by atoms with van der Waals surface area (Å²) in [5, 5.41) is 3.14. The van der Waals surface area contributed by atoms with Crippen molar-refractivity contribution in [1.29, 1.82) is 0 Å². The van der Waals surface area contributed by atoms with Crippen LogP contribution in [0.15, 0.2) is 0 Å². The molecule has 5 fully saturated rings. The number of amides is 2. The summed E-state index contributed by atoms with van der Waals surface area (Å²) in [6.45, 7) is 36.7. The predicted octanol–water partition coefficient (Wildman–Crippen LogP) is 4.65. The van der Waals surface area contributed by atoms with Crippen LogP contribution < -0.4 is 5.32 Å². The molecule has 0 atom stereocenters. The third-order valence-corrected chi connectivity index (χ3v) is 12.7. The molecular weight excluding hydrogens is 649 g/mol. The second-order valence-corrected chi connectivity index (χ2v) is 17.3. The second kappa shape index (κ2) is 24.3. The van der Waals surface area contributed by atoms with E-state index in [1.165, 1.54) is 71.2 Å². The number of likely N-dealkylation sites (tertiary alicyclic amines) is 3. The van der Waals surface area contributed by atoms with Crippen LogP contribution >= 0.6 is 0 Å². The van der Waals surface area contributed by atoms with E-state index in [0.717, 1.165) is 90.9 Å². The zero-order valence-electron chi connectivity index (χ0n) is 35.6. The molecule has 0 aliphatic carbocycles. The summed E-state index contributed by atoms with van der Waals surface area (Å²) in [5.74, 6) is 2.65. The molecule has 10 nitrogen and oxygen atoms in total. The van der Waals surface area contributed by atoms with Gasteiger partial charge in [0.2, 0.25) is 11.8 Å². The fraction of sp³-hybridized carbons (Fsp3) is 0.952. The molecule has 0 bridgehead atoms. The van der Waals surface area contributed by atoms with Crippen LogP contribution in [0.1, 0.15) is 107 Å². The Morgan fingerprint density at radius 3 is 1.46 bits per heavy atom. The Bertz CT molecular complexity index is 955. The molecule has 0 spiro atoms. The first-order valence-corrected chi connectivity index (χ1v) is 21.9. The van der Waals surface area contributed by atoms with Crippen molar-refractivity contribution in [2.45, 2.75) is 125 Å². The van der Waals surface area contributed by atoms with Gasteiger partial charge in [0.15, 0.2) is 0 Å². The quantitative estimate of drug-likeness (QED) is 0.312. The SMILES string of the molecule is CC.CC(C)N1CCC(CC(=O)NCCN2CCN(C(C)C)CC2)CC1.CC(C)N1CCN(CC2CCN(C(=O)CC3CCN(C)CC3)CC2)CC1. The zero-order valence-corrected chi connectivity index (χ0v) is 35.6. The maximum absolute atomic E-state index is 12.6. The minimum atomic E-state index is 0.249. The summed E-state index contributed by atoms with van der Waals surface area (Å²) >= 11 is 0. The highest BCUT2D eigenvalue weighted by Gasteiger charge is 2.28. The monoisotopic (exact) mass is 733 g/mol.